The molecule has 0 aliphatic carbocycles. The summed E-state index contributed by atoms with van der Waals surface area (Å²) in [7, 11) is -3.73. The van der Waals surface area contributed by atoms with E-state index in [1.807, 2.05) is 0 Å². The van der Waals surface area contributed by atoms with Crippen molar-refractivity contribution < 1.29 is 13.5 Å². The van der Waals surface area contributed by atoms with E-state index in [4.69, 9.17) is 0 Å². The Morgan fingerprint density at radius 2 is 1.83 bits per heavy atom. The fourth-order valence-corrected chi connectivity index (χ4v) is 3.10. The molecule has 0 saturated carbocycles. The molecule has 102 valence electrons. The van der Waals surface area contributed by atoms with Gasteiger partial charge in [0.05, 0.1) is 11.1 Å². The summed E-state index contributed by atoms with van der Waals surface area (Å²) >= 11 is 3.17. The molecule has 0 saturated heterocycles. The Bertz CT molecular complexity index is 535. The SMILES string of the molecule is CC(C)(O)C(C)(C)NS(=O)(=O)c1cncc(Br)c1. The number of aliphatic hydroxyl groups is 1. The first-order valence-electron chi connectivity index (χ1n) is 5.33. The molecule has 1 rings (SSSR count). The average Bonchev–Trinajstić information content (AvgIpc) is 2.14. The van der Waals surface area contributed by atoms with Gasteiger partial charge in [-0.1, -0.05) is 0 Å². The zero-order chi connectivity index (χ0) is 14.2. The highest BCUT2D eigenvalue weighted by Gasteiger charge is 2.38. The summed E-state index contributed by atoms with van der Waals surface area (Å²) in [5, 5.41) is 9.96. The van der Waals surface area contributed by atoms with Crippen LogP contribution in [0.2, 0.25) is 0 Å². The first kappa shape index (κ1) is 15.6. The molecule has 0 unspecified atom stereocenters. The Kier molecular flexibility index (Phi) is 4.22. The van der Waals surface area contributed by atoms with Gasteiger partial charge in [-0.15, -0.1) is 0 Å². The number of rotatable bonds is 4. The maximum absolute atomic E-state index is 12.2. The highest BCUT2D eigenvalue weighted by Crippen LogP contribution is 2.24. The average molecular weight is 337 g/mol. The van der Waals surface area contributed by atoms with Crippen LogP contribution < -0.4 is 4.72 Å². The fraction of sp³-hybridized carbons (Fsp3) is 0.545. The van der Waals surface area contributed by atoms with Crippen molar-refractivity contribution in [3.63, 3.8) is 0 Å². The van der Waals surface area contributed by atoms with Crippen LogP contribution >= 0.6 is 15.9 Å². The molecular weight excluding hydrogens is 320 g/mol. The number of nitrogens with one attached hydrogen (secondary N) is 1. The van der Waals surface area contributed by atoms with Gasteiger partial charge >= 0.3 is 0 Å². The number of hydrogen-bond donors (Lipinski definition) is 2. The predicted molar refractivity (Wildman–Crippen MR) is 72.6 cm³/mol. The number of halogens is 1. The lowest BCUT2D eigenvalue weighted by molar-refractivity contribution is 0.00638. The summed E-state index contributed by atoms with van der Waals surface area (Å²) in [6, 6.07) is 1.45. The van der Waals surface area contributed by atoms with E-state index in [2.05, 4.69) is 25.6 Å². The quantitative estimate of drug-likeness (QED) is 0.876. The largest absolute Gasteiger partial charge is 0.389 e. The number of sulfonamides is 1. The summed E-state index contributed by atoms with van der Waals surface area (Å²) in [6.07, 6.45) is 2.76. The molecule has 1 heterocycles. The van der Waals surface area contributed by atoms with Crippen LogP contribution in [0.5, 0.6) is 0 Å². The molecule has 0 radical (unpaired) electrons. The summed E-state index contributed by atoms with van der Waals surface area (Å²) in [4.78, 5) is 3.86. The fourth-order valence-electron chi connectivity index (χ4n) is 1.06. The molecule has 0 spiro atoms. The molecule has 0 aliphatic rings. The van der Waals surface area contributed by atoms with Gasteiger partial charge in [-0.25, -0.2) is 13.1 Å². The second kappa shape index (κ2) is 4.88. The van der Waals surface area contributed by atoms with Gasteiger partial charge in [0.1, 0.15) is 4.90 Å². The molecule has 7 heteroatoms. The number of hydrogen-bond acceptors (Lipinski definition) is 4. The number of aromatic nitrogens is 1. The highest BCUT2D eigenvalue weighted by molar-refractivity contribution is 9.10. The highest BCUT2D eigenvalue weighted by atomic mass is 79.9. The van der Waals surface area contributed by atoms with E-state index in [9.17, 15) is 13.5 Å². The van der Waals surface area contributed by atoms with E-state index in [-0.39, 0.29) is 4.90 Å². The van der Waals surface area contributed by atoms with Crippen LogP contribution in [0.4, 0.5) is 0 Å². The Morgan fingerprint density at radius 1 is 1.28 bits per heavy atom. The molecule has 0 aromatic carbocycles. The summed E-state index contributed by atoms with van der Waals surface area (Å²) in [6.45, 7) is 6.34. The van der Waals surface area contributed by atoms with Crippen molar-refractivity contribution in [2.24, 2.45) is 0 Å². The van der Waals surface area contributed by atoms with E-state index in [1.165, 1.54) is 18.5 Å². The predicted octanol–water partition coefficient (Wildman–Crippen LogP) is 1.67. The second-order valence-corrected chi connectivity index (χ2v) is 7.73. The maximum Gasteiger partial charge on any atom is 0.242 e. The van der Waals surface area contributed by atoms with Crippen molar-refractivity contribution in [3.8, 4) is 0 Å². The molecule has 0 amide bonds. The molecule has 1 aromatic heterocycles. The van der Waals surface area contributed by atoms with Crippen molar-refractivity contribution in [2.75, 3.05) is 0 Å². The van der Waals surface area contributed by atoms with Crippen molar-refractivity contribution in [2.45, 2.75) is 43.7 Å². The van der Waals surface area contributed by atoms with Crippen molar-refractivity contribution in [3.05, 3.63) is 22.9 Å². The number of pyridine rings is 1. The zero-order valence-electron chi connectivity index (χ0n) is 10.7. The van der Waals surface area contributed by atoms with Crippen molar-refractivity contribution in [1.29, 1.82) is 0 Å². The van der Waals surface area contributed by atoms with E-state index >= 15 is 0 Å². The molecule has 0 fully saturated rings. The van der Waals surface area contributed by atoms with Gasteiger partial charge in [-0.3, -0.25) is 4.98 Å². The topological polar surface area (TPSA) is 79.3 Å². The normalized spacial score (nSPS) is 13.7. The third-order valence-electron chi connectivity index (χ3n) is 2.91. The summed E-state index contributed by atoms with van der Waals surface area (Å²) in [5.74, 6) is 0. The van der Waals surface area contributed by atoms with Crippen LogP contribution in [0.3, 0.4) is 0 Å². The lowest BCUT2D eigenvalue weighted by Gasteiger charge is -2.37. The van der Waals surface area contributed by atoms with Gasteiger partial charge < -0.3 is 5.11 Å². The van der Waals surface area contributed by atoms with Crippen molar-refractivity contribution in [1.82, 2.24) is 9.71 Å². The van der Waals surface area contributed by atoms with Gasteiger partial charge in [0.2, 0.25) is 10.0 Å². The molecule has 5 nitrogen and oxygen atoms in total. The molecule has 2 N–H and O–H groups in total. The first-order valence-corrected chi connectivity index (χ1v) is 7.60. The molecule has 18 heavy (non-hydrogen) atoms. The minimum absolute atomic E-state index is 0.0502. The minimum atomic E-state index is -3.73. The van der Waals surface area contributed by atoms with Gasteiger partial charge in [-0.2, -0.15) is 0 Å². The Balaban J connectivity index is 3.11. The van der Waals surface area contributed by atoms with Gasteiger partial charge in [0.15, 0.2) is 0 Å². The molecule has 0 bridgehead atoms. The second-order valence-electron chi connectivity index (χ2n) is 5.13. The van der Waals surface area contributed by atoms with Gasteiger partial charge in [-0.05, 0) is 49.7 Å². The molecular formula is C11H17BrN2O3S. The third kappa shape index (κ3) is 3.50. The van der Waals surface area contributed by atoms with Crippen LogP contribution in [-0.4, -0.2) is 29.6 Å². The van der Waals surface area contributed by atoms with Crippen LogP contribution in [0.1, 0.15) is 27.7 Å². The zero-order valence-corrected chi connectivity index (χ0v) is 13.1. The molecule has 0 atom stereocenters. The standard InChI is InChI=1S/C11H17BrN2O3S/c1-10(2,11(3,4)15)14-18(16,17)9-5-8(12)6-13-7-9/h5-7,14-15H,1-4H3. The summed E-state index contributed by atoms with van der Waals surface area (Å²) < 4.78 is 27.4. The van der Waals surface area contributed by atoms with Crippen LogP contribution in [-0.2, 0) is 10.0 Å². The smallest absolute Gasteiger partial charge is 0.242 e. The molecule has 1 aromatic rings. The Hall–Kier alpha value is -0.500. The molecule has 0 aliphatic heterocycles. The van der Waals surface area contributed by atoms with Gasteiger partial charge in [0, 0.05) is 16.9 Å². The van der Waals surface area contributed by atoms with Crippen LogP contribution in [0.15, 0.2) is 27.8 Å². The maximum atomic E-state index is 12.2. The van der Waals surface area contributed by atoms with Gasteiger partial charge in [0.25, 0.3) is 0 Å². The summed E-state index contributed by atoms with van der Waals surface area (Å²) in [5.41, 5.74) is -2.20. The van der Waals surface area contributed by atoms with E-state index in [1.54, 1.807) is 27.7 Å². The minimum Gasteiger partial charge on any atom is -0.389 e. The third-order valence-corrected chi connectivity index (χ3v) is 4.97. The van der Waals surface area contributed by atoms with E-state index < -0.39 is 21.2 Å². The van der Waals surface area contributed by atoms with Crippen LogP contribution in [0, 0.1) is 0 Å². The first-order chi connectivity index (χ1) is 7.96. The lowest BCUT2D eigenvalue weighted by atomic mass is 9.87. The lowest BCUT2D eigenvalue weighted by Crippen LogP contribution is -2.57. The Labute approximate surface area is 116 Å². The van der Waals surface area contributed by atoms with E-state index in [0.29, 0.717) is 4.47 Å². The monoisotopic (exact) mass is 336 g/mol. The van der Waals surface area contributed by atoms with Crippen molar-refractivity contribution >= 4 is 26.0 Å². The van der Waals surface area contributed by atoms with E-state index in [0.717, 1.165) is 0 Å². The Morgan fingerprint density at radius 3 is 2.28 bits per heavy atom. The van der Waals surface area contributed by atoms with Crippen LogP contribution in [0.25, 0.3) is 0 Å². The number of nitrogens with zero attached hydrogens (tertiary/aromatic N) is 1.